The number of halogens is 2. The van der Waals surface area contributed by atoms with Gasteiger partial charge in [-0.3, -0.25) is 14.4 Å². The molecule has 0 spiro atoms. The van der Waals surface area contributed by atoms with Crippen LogP contribution < -0.4 is 16.8 Å². The summed E-state index contributed by atoms with van der Waals surface area (Å²) in [5.74, 6) is -3.11. The lowest BCUT2D eigenvalue weighted by atomic mass is 10.0. The van der Waals surface area contributed by atoms with Crippen molar-refractivity contribution < 1.29 is 23.2 Å². The summed E-state index contributed by atoms with van der Waals surface area (Å²) >= 11 is 0.675. The van der Waals surface area contributed by atoms with E-state index in [0.717, 1.165) is 0 Å². The molecule has 11 heteroatoms. The van der Waals surface area contributed by atoms with Crippen molar-refractivity contribution in [3.8, 4) is 0 Å². The second-order valence-corrected chi connectivity index (χ2v) is 9.66. The number of nitrogens with zero attached hydrogens (tertiary/aromatic N) is 2. The number of nitrogens with two attached hydrogens (primary N) is 2. The monoisotopic (exact) mass is 501 g/mol. The molecule has 0 aliphatic carbocycles. The highest BCUT2D eigenvalue weighted by Gasteiger charge is 2.36. The highest BCUT2D eigenvalue weighted by molar-refractivity contribution is 7.09. The number of amides is 3. The maximum Gasteiger partial charge on any atom is 0.270 e. The van der Waals surface area contributed by atoms with Crippen molar-refractivity contribution in [2.45, 2.75) is 38.9 Å². The SMILES string of the molecule is CC(C)(C)NC(=O)C(c1ccc(F)cc1)N(Cc1ccc(F)cc1)C(=O)c1snc(C(N)=O)c1N. The van der Waals surface area contributed by atoms with E-state index in [9.17, 15) is 23.2 Å². The molecule has 3 aromatic rings. The van der Waals surface area contributed by atoms with Crippen molar-refractivity contribution >= 4 is 34.9 Å². The third-order valence-corrected chi connectivity index (χ3v) is 5.78. The van der Waals surface area contributed by atoms with Crippen molar-refractivity contribution in [3.05, 3.63) is 81.9 Å². The molecule has 0 bridgehead atoms. The van der Waals surface area contributed by atoms with Gasteiger partial charge in [-0.15, -0.1) is 0 Å². The van der Waals surface area contributed by atoms with Crippen LogP contribution in [0.25, 0.3) is 0 Å². The Morgan fingerprint density at radius 2 is 1.57 bits per heavy atom. The summed E-state index contributed by atoms with van der Waals surface area (Å²) < 4.78 is 31.1. The smallest absolute Gasteiger partial charge is 0.270 e. The summed E-state index contributed by atoms with van der Waals surface area (Å²) in [4.78, 5) is 40.0. The quantitative estimate of drug-likeness (QED) is 0.457. The standard InChI is InChI=1S/C24H25F2N5O3S/c1-24(2,3)29-22(33)19(14-6-10-16(26)11-7-14)31(12-13-4-8-15(25)9-5-13)23(34)20-17(27)18(21(28)32)30-35-20/h4-11,19H,12,27H2,1-3H3,(H2,28,32)(H,29,33). The van der Waals surface area contributed by atoms with E-state index in [2.05, 4.69) is 9.69 Å². The third-order valence-electron chi connectivity index (χ3n) is 4.93. The molecule has 2 aromatic carbocycles. The Kier molecular flexibility index (Phi) is 7.49. The molecule has 1 atom stereocenters. The van der Waals surface area contributed by atoms with E-state index in [1.54, 1.807) is 20.8 Å². The summed E-state index contributed by atoms with van der Waals surface area (Å²) in [7, 11) is 0. The molecule has 1 unspecified atom stereocenters. The Morgan fingerprint density at radius 1 is 1.03 bits per heavy atom. The number of aromatic nitrogens is 1. The molecular weight excluding hydrogens is 476 g/mol. The van der Waals surface area contributed by atoms with Crippen LogP contribution in [-0.4, -0.2) is 32.5 Å². The lowest BCUT2D eigenvalue weighted by molar-refractivity contribution is -0.127. The van der Waals surface area contributed by atoms with Crippen LogP contribution in [0.5, 0.6) is 0 Å². The molecule has 0 saturated heterocycles. The minimum absolute atomic E-state index is 0.0865. The molecule has 1 heterocycles. The number of carbonyl (C=O) groups excluding carboxylic acids is 3. The van der Waals surface area contributed by atoms with Gasteiger partial charge in [-0.1, -0.05) is 24.3 Å². The van der Waals surface area contributed by atoms with Crippen LogP contribution in [-0.2, 0) is 11.3 Å². The predicted molar refractivity (Wildman–Crippen MR) is 128 cm³/mol. The van der Waals surface area contributed by atoms with E-state index in [1.165, 1.54) is 53.4 Å². The van der Waals surface area contributed by atoms with Crippen molar-refractivity contribution in [2.75, 3.05) is 5.73 Å². The number of rotatable bonds is 7. The summed E-state index contributed by atoms with van der Waals surface area (Å²) in [6, 6.07) is 9.35. The molecule has 3 amide bonds. The highest BCUT2D eigenvalue weighted by Crippen LogP contribution is 2.31. The van der Waals surface area contributed by atoms with Gasteiger partial charge in [0.25, 0.3) is 11.8 Å². The maximum absolute atomic E-state index is 13.8. The normalized spacial score (nSPS) is 12.1. The van der Waals surface area contributed by atoms with Crippen molar-refractivity contribution in [1.82, 2.24) is 14.6 Å². The summed E-state index contributed by atoms with van der Waals surface area (Å²) in [5, 5.41) is 2.85. The molecule has 0 radical (unpaired) electrons. The van der Waals surface area contributed by atoms with Crippen molar-refractivity contribution in [1.29, 1.82) is 0 Å². The lowest BCUT2D eigenvalue weighted by Gasteiger charge is -2.33. The van der Waals surface area contributed by atoms with Crippen LogP contribution in [0.4, 0.5) is 14.5 Å². The van der Waals surface area contributed by atoms with Gasteiger partial charge in [0, 0.05) is 12.1 Å². The zero-order valence-electron chi connectivity index (χ0n) is 19.3. The fourth-order valence-corrected chi connectivity index (χ4v) is 4.14. The van der Waals surface area contributed by atoms with Gasteiger partial charge in [0.15, 0.2) is 5.69 Å². The van der Waals surface area contributed by atoms with Crippen molar-refractivity contribution in [3.63, 3.8) is 0 Å². The van der Waals surface area contributed by atoms with E-state index in [4.69, 9.17) is 11.5 Å². The van der Waals surface area contributed by atoms with E-state index in [1.807, 2.05) is 0 Å². The molecule has 5 N–H and O–H groups in total. The third kappa shape index (κ3) is 6.18. The van der Waals surface area contributed by atoms with E-state index in [-0.39, 0.29) is 22.8 Å². The van der Waals surface area contributed by atoms with Gasteiger partial charge in [0.05, 0.1) is 5.69 Å². The minimum atomic E-state index is -1.22. The largest absolute Gasteiger partial charge is 0.395 e. The second-order valence-electron chi connectivity index (χ2n) is 8.89. The molecule has 0 aliphatic heterocycles. The number of benzene rings is 2. The number of hydrogen-bond acceptors (Lipinski definition) is 6. The summed E-state index contributed by atoms with van der Waals surface area (Å²) in [5.41, 5.74) is 11.0. The van der Waals surface area contributed by atoms with Crippen LogP contribution in [0.15, 0.2) is 48.5 Å². The number of hydrogen-bond donors (Lipinski definition) is 3. The maximum atomic E-state index is 13.8. The topological polar surface area (TPSA) is 131 Å². The molecular formula is C24H25F2N5O3S. The molecule has 1 aromatic heterocycles. The Bertz CT molecular complexity index is 1240. The second kappa shape index (κ2) is 10.2. The van der Waals surface area contributed by atoms with E-state index in [0.29, 0.717) is 22.7 Å². The molecule has 184 valence electrons. The van der Waals surface area contributed by atoms with Crippen LogP contribution >= 0.6 is 11.5 Å². The van der Waals surface area contributed by atoms with E-state index >= 15 is 0 Å². The van der Waals surface area contributed by atoms with Crippen LogP contribution in [0.2, 0.25) is 0 Å². The number of anilines is 1. The Balaban J connectivity index is 2.15. The Labute approximate surface area is 205 Å². The van der Waals surface area contributed by atoms with Gasteiger partial charge in [-0.05, 0) is 67.7 Å². The average Bonchev–Trinajstić information content (AvgIpc) is 3.16. The predicted octanol–water partition coefficient (Wildman–Crippen LogP) is 3.40. The summed E-state index contributed by atoms with van der Waals surface area (Å²) in [6.07, 6.45) is 0. The number of nitrogen functional groups attached to an aromatic ring is 1. The van der Waals surface area contributed by atoms with Gasteiger partial charge in [-0.2, -0.15) is 4.37 Å². The average molecular weight is 502 g/mol. The van der Waals surface area contributed by atoms with Gasteiger partial charge < -0.3 is 21.7 Å². The van der Waals surface area contributed by atoms with Gasteiger partial charge in [0.2, 0.25) is 5.91 Å². The fourth-order valence-electron chi connectivity index (χ4n) is 3.38. The first-order valence-corrected chi connectivity index (χ1v) is 11.3. The van der Waals surface area contributed by atoms with Crippen LogP contribution in [0.3, 0.4) is 0 Å². The van der Waals surface area contributed by atoms with Gasteiger partial charge in [0.1, 0.15) is 22.6 Å². The first-order chi connectivity index (χ1) is 16.4. The van der Waals surface area contributed by atoms with E-state index < -0.39 is 40.9 Å². The zero-order valence-corrected chi connectivity index (χ0v) is 20.2. The Morgan fingerprint density at radius 3 is 2.06 bits per heavy atom. The fraction of sp³-hybridized carbons (Fsp3) is 0.250. The minimum Gasteiger partial charge on any atom is -0.395 e. The van der Waals surface area contributed by atoms with Crippen LogP contribution in [0.1, 0.15) is 58.1 Å². The number of nitrogens with one attached hydrogen (secondary N) is 1. The molecule has 35 heavy (non-hydrogen) atoms. The zero-order chi connectivity index (χ0) is 25.9. The number of carbonyl (C=O) groups is 3. The molecule has 0 aliphatic rings. The molecule has 3 rings (SSSR count). The molecule has 0 saturated carbocycles. The number of primary amides is 1. The van der Waals surface area contributed by atoms with Crippen LogP contribution in [0, 0.1) is 11.6 Å². The first kappa shape index (κ1) is 25.8. The van der Waals surface area contributed by atoms with Gasteiger partial charge >= 0.3 is 0 Å². The lowest BCUT2D eigenvalue weighted by Crippen LogP contribution is -2.49. The highest BCUT2D eigenvalue weighted by atomic mass is 32.1. The summed E-state index contributed by atoms with van der Waals surface area (Å²) in [6.45, 7) is 5.21. The van der Waals surface area contributed by atoms with Gasteiger partial charge in [-0.25, -0.2) is 8.78 Å². The Hall–Kier alpha value is -3.86. The van der Waals surface area contributed by atoms with Crippen molar-refractivity contribution in [2.24, 2.45) is 5.73 Å². The molecule has 8 nitrogen and oxygen atoms in total. The molecule has 0 fully saturated rings. The first-order valence-electron chi connectivity index (χ1n) is 10.5.